The van der Waals surface area contributed by atoms with Crippen LogP contribution in [0.15, 0.2) is 23.8 Å². The molecule has 3 aliphatic rings. The summed E-state index contributed by atoms with van der Waals surface area (Å²) < 4.78 is 37.5. The molecule has 5 rings (SSSR count). The molecule has 0 N–H and O–H groups in total. The zero-order chi connectivity index (χ0) is 40.1. The summed E-state index contributed by atoms with van der Waals surface area (Å²) in [6.07, 6.45) is 7.77. The zero-order valence-corrected chi connectivity index (χ0v) is 37.5. The van der Waals surface area contributed by atoms with E-state index in [1.54, 1.807) is 23.1 Å². The van der Waals surface area contributed by atoms with Crippen LogP contribution in [0.2, 0.25) is 0 Å². The van der Waals surface area contributed by atoms with Gasteiger partial charge in [-0.3, -0.25) is 9.59 Å². The number of thioether (sulfide) groups is 1. The number of thiol groups is 1. The van der Waals surface area contributed by atoms with Crippen molar-refractivity contribution in [3.8, 4) is 5.75 Å². The minimum absolute atomic E-state index is 0.00928. The smallest absolute Gasteiger partial charge is 0.172 e. The van der Waals surface area contributed by atoms with Gasteiger partial charge in [-0.15, -0.1) is 24.0 Å². The van der Waals surface area contributed by atoms with Gasteiger partial charge in [0.15, 0.2) is 23.2 Å². The molecule has 1 aromatic carbocycles. The van der Waals surface area contributed by atoms with Crippen molar-refractivity contribution in [1.82, 2.24) is 0 Å². The first-order valence-electron chi connectivity index (χ1n) is 20.6. The first-order valence-corrected chi connectivity index (χ1v) is 22.9. The van der Waals surface area contributed by atoms with Crippen molar-refractivity contribution in [2.45, 2.75) is 157 Å². The Labute approximate surface area is 339 Å². The number of carbonyl (C=O) groups is 2. The molecule has 1 fully saturated rings. The fourth-order valence-electron chi connectivity index (χ4n) is 9.05. The monoisotopic (exact) mass is 800 g/mol. The molecular weight excluding hydrogens is 735 g/mol. The number of ketones is 2. The minimum atomic E-state index is -1.11. The number of ether oxygens (including phenoxy) is 1. The van der Waals surface area contributed by atoms with Gasteiger partial charge in [0.1, 0.15) is 11.4 Å². The lowest BCUT2D eigenvalue weighted by atomic mass is 9.57. The summed E-state index contributed by atoms with van der Waals surface area (Å²) >= 11 is 8.95. The number of hydrogen-bond donors (Lipinski definition) is 1. The van der Waals surface area contributed by atoms with Crippen molar-refractivity contribution in [2.24, 2.45) is 40.4 Å². The number of benzene rings is 1. The Morgan fingerprint density at radius 3 is 2.09 bits per heavy atom. The van der Waals surface area contributed by atoms with E-state index in [1.807, 2.05) is 0 Å². The van der Waals surface area contributed by atoms with E-state index in [0.29, 0.717) is 29.4 Å². The van der Waals surface area contributed by atoms with E-state index < -0.39 is 28.6 Å². The maximum Gasteiger partial charge on any atom is 0.172 e. The lowest BCUT2D eigenvalue weighted by molar-refractivity contribution is 0.0304. The number of thiophene rings is 1. The van der Waals surface area contributed by atoms with Gasteiger partial charge in [-0.1, -0.05) is 102 Å². The average Bonchev–Trinajstić information content (AvgIpc) is 3.47. The van der Waals surface area contributed by atoms with Crippen molar-refractivity contribution < 1.29 is 23.1 Å². The molecule has 54 heavy (non-hydrogen) atoms. The molecule has 0 bridgehead atoms. The number of fused-ring (bicyclic) bond motifs is 2. The molecule has 0 amide bonds. The Morgan fingerprint density at radius 1 is 0.907 bits per heavy atom. The van der Waals surface area contributed by atoms with Crippen LogP contribution in [-0.2, 0) is 5.41 Å². The van der Waals surface area contributed by atoms with Gasteiger partial charge in [-0.2, -0.15) is 11.8 Å². The van der Waals surface area contributed by atoms with Crippen LogP contribution in [0.1, 0.15) is 171 Å². The molecule has 5 unspecified atom stereocenters. The topological polar surface area (TPSA) is 43.4 Å². The maximum atomic E-state index is 15.4. The van der Waals surface area contributed by atoms with E-state index >= 15 is 9.18 Å². The van der Waals surface area contributed by atoms with Crippen LogP contribution in [0, 0.1) is 52.1 Å². The van der Waals surface area contributed by atoms with Crippen LogP contribution in [-0.4, -0.2) is 28.2 Å². The van der Waals surface area contributed by atoms with Gasteiger partial charge >= 0.3 is 0 Å². The molecule has 300 valence electrons. The Kier molecular flexibility index (Phi) is 13.1. The molecule has 8 heteroatoms. The SMILES string of the molecule is CCC(C)(C)c1cc2c(s1)C(S)=C([C@@H]1CC(=O)c3cc(F)c(F)cc3C(=O)C13CSC3C(C)(C)C)C(CCC(C)CCCC(C)C)(CCC(C)C(C)C)O2. The molecule has 1 saturated heterocycles. The number of rotatable bonds is 14. The lowest BCUT2D eigenvalue weighted by Crippen LogP contribution is -2.62. The van der Waals surface area contributed by atoms with Crippen LogP contribution in [0.3, 0.4) is 0 Å². The van der Waals surface area contributed by atoms with Crippen molar-refractivity contribution >= 4 is 52.2 Å². The molecule has 0 radical (unpaired) electrons. The Morgan fingerprint density at radius 2 is 1.54 bits per heavy atom. The van der Waals surface area contributed by atoms with E-state index in [0.717, 1.165) is 71.8 Å². The summed E-state index contributed by atoms with van der Waals surface area (Å²) in [6, 6.07) is 4.16. The van der Waals surface area contributed by atoms with E-state index in [4.69, 9.17) is 17.4 Å². The molecule has 2 aliphatic heterocycles. The fourth-order valence-corrected chi connectivity index (χ4v) is 12.7. The normalized spacial score (nSPS) is 25.8. The van der Waals surface area contributed by atoms with Gasteiger partial charge < -0.3 is 4.74 Å². The predicted octanol–water partition coefficient (Wildman–Crippen LogP) is 14.0. The quantitative estimate of drug-likeness (QED) is 0.193. The Balaban J connectivity index is 1.78. The molecule has 6 atom stereocenters. The molecule has 1 aliphatic carbocycles. The number of carbonyl (C=O) groups excluding carboxylic acids is 2. The molecule has 0 saturated carbocycles. The van der Waals surface area contributed by atoms with Gasteiger partial charge in [0.25, 0.3) is 0 Å². The molecule has 3 nitrogen and oxygen atoms in total. The third kappa shape index (κ3) is 8.20. The average molecular weight is 801 g/mol. The molecule has 1 aromatic heterocycles. The van der Waals surface area contributed by atoms with Crippen LogP contribution in [0.4, 0.5) is 8.78 Å². The zero-order valence-electron chi connectivity index (χ0n) is 35.0. The third-order valence-electron chi connectivity index (χ3n) is 13.3. The van der Waals surface area contributed by atoms with Gasteiger partial charge in [0.2, 0.25) is 0 Å². The Hall–Kier alpha value is -1.64. The van der Waals surface area contributed by atoms with E-state index in [9.17, 15) is 9.18 Å². The standard InChI is InChI=1S/C46H66F2O3S3/c1-13-44(11,12)37-24-36-40(54-37)39(52)38(45(51-36,20-18-29(7)27(4)5)19-17-28(6)16-14-15-26(2)3)32-23-35(49)30-21-33(47)34(48)22-31(30)41(50)46(32)25-53-42(46)43(8,9)10/h21-22,24,26-29,32,42,52H,13-20,23,25H2,1-12H3/t28?,29?,32-,42?,45?,46?/m0/s1. The summed E-state index contributed by atoms with van der Waals surface area (Å²) in [5.74, 6) is -0.00713. The summed E-state index contributed by atoms with van der Waals surface area (Å²) in [4.78, 5) is 32.9. The predicted molar refractivity (Wildman–Crippen MR) is 228 cm³/mol. The van der Waals surface area contributed by atoms with Crippen LogP contribution >= 0.6 is 35.7 Å². The summed E-state index contributed by atoms with van der Waals surface area (Å²) in [7, 11) is 0. The van der Waals surface area contributed by atoms with Crippen molar-refractivity contribution in [1.29, 1.82) is 0 Å². The second-order valence-electron chi connectivity index (χ2n) is 19.5. The summed E-state index contributed by atoms with van der Waals surface area (Å²) in [5, 5.41) is -0.162. The second-order valence-corrected chi connectivity index (χ2v) is 22.1. The van der Waals surface area contributed by atoms with E-state index in [-0.39, 0.29) is 45.2 Å². The van der Waals surface area contributed by atoms with Gasteiger partial charge in [-0.25, -0.2) is 8.78 Å². The highest BCUT2D eigenvalue weighted by molar-refractivity contribution is 8.01. The lowest BCUT2D eigenvalue weighted by Gasteiger charge is -2.59. The van der Waals surface area contributed by atoms with Crippen LogP contribution < -0.4 is 4.74 Å². The van der Waals surface area contributed by atoms with Crippen LogP contribution in [0.5, 0.6) is 5.75 Å². The molecular formula is C46H66F2O3S3. The largest absolute Gasteiger partial charge is 0.481 e. The van der Waals surface area contributed by atoms with E-state index in [2.05, 4.69) is 89.2 Å². The van der Waals surface area contributed by atoms with Crippen LogP contribution in [0.25, 0.3) is 4.91 Å². The third-order valence-corrected chi connectivity index (χ3v) is 17.5. The molecule has 3 heterocycles. The van der Waals surface area contributed by atoms with E-state index in [1.165, 1.54) is 17.7 Å². The molecule has 1 spiro atoms. The number of hydrogen-bond acceptors (Lipinski definition) is 6. The summed E-state index contributed by atoms with van der Waals surface area (Å²) in [5.41, 5.74) is -1.29. The Bertz CT molecular complexity index is 1750. The highest BCUT2D eigenvalue weighted by Gasteiger charge is 2.66. The van der Waals surface area contributed by atoms with Crippen molar-refractivity contribution in [3.05, 3.63) is 56.3 Å². The number of Topliss-reactive ketones (excluding diaryl/α,β-unsaturated/α-hetero) is 2. The van der Waals surface area contributed by atoms with Crippen molar-refractivity contribution in [2.75, 3.05) is 5.75 Å². The first-order chi connectivity index (χ1) is 25.1. The first kappa shape index (κ1) is 43.5. The second kappa shape index (κ2) is 16.3. The summed E-state index contributed by atoms with van der Waals surface area (Å²) in [6.45, 7) is 26.9. The van der Waals surface area contributed by atoms with Crippen molar-refractivity contribution in [3.63, 3.8) is 0 Å². The van der Waals surface area contributed by atoms with Gasteiger partial charge in [0, 0.05) is 44.3 Å². The minimum Gasteiger partial charge on any atom is -0.481 e. The maximum absolute atomic E-state index is 15.4. The fraction of sp³-hybridized carbons (Fsp3) is 0.696. The number of halogens is 2. The molecule has 2 aromatic rings. The van der Waals surface area contributed by atoms with Gasteiger partial charge in [0.05, 0.1) is 10.3 Å². The highest BCUT2D eigenvalue weighted by Crippen LogP contribution is 2.66. The highest BCUT2D eigenvalue weighted by atomic mass is 32.2. The van der Waals surface area contributed by atoms with Gasteiger partial charge in [-0.05, 0) is 90.4 Å².